The average Bonchev–Trinajstić information content (AvgIpc) is 3.42. The van der Waals surface area contributed by atoms with Gasteiger partial charge >= 0.3 is 0 Å². The quantitative estimate of drug-likeness (QED) is 0.264. The van der Waals surface area contributed by atoms with Gasteiger partial charge in [0.05, 0.1) is 20.3 Å². The van der Waals surface area contributed by atoms with E-state index >= 15 is 4.57 Å². The Morgan fingerprint density at radius 1 is 0.750 bits per heavy atom. The molecule has 1 aliphatic heterocycles. The van der Waals surface area contributed by atoms with E-state index in [-0.39, 0.29) is 0 Å². The number of rotatable bonds is 5. The number of hydrogen-bond acceptors (Lipinski definition) is 3. The summed E-state index contributed by atoms with van der Waals surface area (Å²) < 4.78 is 27.4. The summed E-state index contributed by atoms with van der Waals surface area (Å²) in [5, 5.41) is 4.65. The third kappa shape index (κ3) is 3.51. The Kier molecular flexibility index (Phi) is 5.76. The number of fused-ring (bicyclic) bond motifs is 2. The molecule has 0 fully saturated rings. The molecule has 5 aromatic carbocycles. The van der Waals surface area contributed by atoms with Gasteiger partial charge in [-0.15, -0.1) is 0 Å². The van der Waals surface area contributed by atoms with E-state index in [0.717, 1.165) is 54.7 Å². The molecule has 0 aliphatic carbocycles. The lowest BCUT2D eigenvalue weighted by atomic mass is 9.90. The van der Waals surface area contributed by atoms with E-state index in [1.807, 2.05) is 78.9 Å². The van der Waals surface area contributed by atoms with Gasteiger partial charge in [0.1, 0.15) is 5.75 Å². The summed E-state index contributed by atoms with van der Waals surface area (Å²) >= 11 is 0. The van der Waals surface area contributed by atoms with Crippen LogP contribution in [0.3, 0.4) is 0 Å². The van der Waals surface area contributed by atoms with E-state index in [1.54, 1.807) is 7.11 Å². The summed E-state index contributed by atoms with van der Waals surface area (Å²) in [5.74, 6) is 0.768. The molecule has 0 aromatic heterocycles. The first-order valence-electron chi connectivity index (χ1n) is 12.1. The molecule has 0 spiro atoms. The maximum absolute atomic E-state index is 15.6. The molecule has 1 aliphatic rings. The van der Waals surface area contributed by atoms with Gasteiger partial charge in [0.25, 0.3) is 0 Å². The van der Waals surface area contributed by atoms with Gasteiger partial charge in [0.2, 0.25) is 0 Å². The third-order valence-corrected chi connectivity index (χ3v) is 10.3. The summed E-state index contributed by atoms with van der Waals surface area (Å²) in [4.78, 5) is 0. The van der Waals surface area contributed by atoms with Crippen LogP contribution in [-0.2, 0) is 22.5 Å². The van der Waals surface area contributed by atoms with E-state index in [1.165, 1.54) is 5.56 Å². The van der Waals surface area contributed by atoms with Crippen LogP contribution in [0.5, 0.6) is 5.75 Å². The molecule has 178 valence electrons. The molecule has 1 heterocycles. The lowest BCUT2D eigenvalue weighted by Crippen LogP contribution is -2.27. The first-order valence-corrected chi connectivity index (χ1v) is 13.8. The molecule has 0 saturated carbocycles. The van der Waals surface area contributed by atoms with E-state index < -0.39 is 7.14 Å². The molecule has 0 bridgehead atoms. The molecular formula is C32H27O3P. The van der Waals surface area contributed by atoms with Gasteiger partial charge < -0.3 is 14.0 Å². The Balaban J connectivity index is 1.80. The van der Waals surface area contributed by atoms with Crippen LogP contribution in [0, 0.1) is 6.92 Å². The van der Waals surface area contributed by atoms with Crippen LogP contribution in [-0.4, -0.2) is 7.11 Å². The lowest BCUT2D eigenvalue weighted by molar-refractivity contribution is 0.134. The lowest BCUT2D eigenvalue weighted by Gasteiger charge is -2.27. The molecule has 0 atom stereocenters. The zero-order valence-electron chi connectivity index (χ0n) is 20.4. The number of methoxy groups -OCH3 is 1. The monoisotopic (exact) mass is 490 g/mol. The van der Waals surface area contributed by atoms with E-state index in [2.05, 4.69) is 31.2 Å². The van der Waals surface area contributed by atoms with E-state index in [0.29, 0.717) is 13.2 Å². The summed E-state index contributed by atoms with van der Waals surface area (Å²) in [6.07, 6.45) is 0. The standard InChI is InChI=1S/C32H27O3P/c1-22-28-21-35-20-24(28)19-30(31(22)32-27-16-10-9-11-23(27)17-18-29(32)34-2)36(33,25-12-5-3-6-13-25)26-14-7-4-8-15-26/h3-19H,20-21H2,1-2H3. The minimum Gasteiger partial charge on any atom is -0.496 e. The first-order chi connectivity index (χ1) is 17.6. The predicted octanol–water partition coefficient (Wildman–Crippen LogP) is 6.49. The normalized spacial score (nSPS) is 13.1. The SMILES string of the molecule is COc1ccc2ccccc2c1-c1c(P(=O)(c2ccccc2)c2ccccc2)cc2c(c1C)COC2. The maximum Gasteiger partial charge on any atom is 0.171 e. The van der Waals surface area contributed by atoms with Crippen LogP contribution in [0.15, 0.2) is 103 Å². The molecule has 4 heteroatoms. The molecule has 5 aromatic rings. The topological polar surface area (TPSA) is 35.5 Å². The number of benzene rings is 5. The highest BCUT2D eigenvalue weighted by Gasteiger charge is 2.36. The predicted molar refractivity (Wildman–Crippen MR) is 149 cm³/mol. The zero-order valence-corrected chi connectivity index (χ0v) is 21.3. The molecule has 0 N–H and O–H groups in total. The van der Waals surface area contributed by atoms with Crippen molar-refractivity contribution >= 4 is 33.8 Å². The Labute approximate surface area is 211 Å². The van der Waals surface area contributed by atoms with Gasteiger partial charge in [-0.1, -0.05) is 91.0 Å². The summed E-state index contributed by atoms with van der Waals surface area (Å²) in [5.41, 5.74) is 5.34. The Bertz CT molecular complexity index is 1580. The van der Waals surface area contributed by atoms with Crippen molar-refractivity contribution in [1.29, 1.82) is 0 Å². The van der Waals surface area contributed by atoms with Crippen molar-refractivity contribution in [3.05, 3.63) is 120 Å². The average molecular weight is 491 g/mol. The van der Waals surface area contributed by atoms with Gasteiger partial charge in [0.15, 0.2) is 7.14 Å². The summed E-state index contributed by atoms with van der Waals surface area (Å²) in [6, 6.07) is 34.3. The van der Waals surface area contributed by atoms with Crippen LogP contribution in [0.25, 0.3) is 21.9 Å². The summed E-state index contributed by atoms with van der Waals surface area (Å²) in [6.45, 7) is 3.22. The second kappa shape index (κ2) is 9.09. The molecule has 0 amide bonds. The fourth-order valence-electron chi connectivity index (χ4n) is 5.45. The van der Waals surface area contributed by atoms with Crippen LogP contribution >= 0.6 is 7.14 Å². The van der Waals surface area contributed by atoms with Crippen LogP contribution in [0.2, 0.25) is 0 Å². The van der Waals surface area contributed by atoms with Crippen molar-refractivity contribution in [1.82, 2.24) is 0 Å². The van der Waals surface area contributed by atoms with Crippen LogP contribution < -0.4 is 20.7 Å². The fourth-order valence-corrected chi connectivity index (χ4v) is 8.42. The first kappa shape index (κ1) is 22.8. The van der Waals surface area contributed by atoms with Crippen LogP contribution in [0.4, 0.5) is 0 Å². The Morgan fingerprint density at radius 2 is 1.39 bits per heavy atom. The second-order valence-electron chi connectivity index (χ2n) is 9.17. The number of ether oxygens (including phenoxy) is 2. The van der Waals surface area contributed by atoms with Crippen molar-refractivity contribution in [2.24, 2.45) is 0 Å². The fraction of sp³-hybridized carbons (Fsp3) is 0.125. The van der Waals surface area contributed by atoms with E-state index in [4.69, 9.17) is 9.47 Å². The molecule has 36 heavy (non-hydrogen) atoms. The Morgan fingerprint density at radius 3 is 2.06 bits per heavy atom. The highest BCUT2D eigenvalue weighted by atomic mass is 31.2. The van der Waals surface area contributed by atoms with E-state index in [9.17, 15) is 0 Å². The van der Waals surface area contributed by atoms with Crippen molar-refractivity contribution in [3.63, 3.8) is 0 Å². The van der Waals surface area contributed by atoms with Crippen molar-refractivity contribution in [2.45, 2.75) is 20.1 Å². The molecular weight excluding hydrogens is 463 g/mol. The maximum atomic E-state index is 15.6. The number of hydrogen-bond donors (Lipinski definition) is 0. The largest absolute Gasteiger partial charge is 0.496 e. The second-order valence-corrected chi connectivity index (χ2v) is 11.9. The minimum atomic E-state index is -3.26. The summed E-state index contributed by atoms with van der Waals surface area (Å²) in [7, 11) is -1.56. The van der Waals surface area contributed by atoms with Crippen molar-refractivity contribution in [3.8, 4) is 16.9 Å². The Hall–Kier alpha value is -3.65. The van der Waals surface area contributed by atoms with Crippen molar-refractivity contribution < 1.29 is 14.0 Å². The molecule has 3 nitrogen and oxygen atoms in total. The highest BCUT2D eigenvalue weighted by molar-refractivity contribution is 7.85. The minimum absolute atomic E-state index is 0.527. The van der Waals surface area contributed by atoms with Gasteiger partial charge in [-0.25, -0.2) is 0 Å². The van der Waals surface area contributed by atoms with Crippen molar-refractivity contribution in [2.75, 3.05) is 7.11 Å². The molecule has 0 unspecified atom stereocenters. The smallest absolute Gasteiger partial charge is 0.171 e. The zero-order chi connectivity index (χ0) is 24.7. The molecule has 0 saturated heterocycles. The van der Waals surface area contributed by atoms with Gasteiger partial charge in [-0.3, -0.25) is 0 Å². The van der Waals surface area contributed by atoms with Gasteiger partial charge in [-0.2, -0.15) is 0 Å². The van der Waals surface area contributed by atoms with Gasteiger partial charge in [0, 0.05) is 27.0 Å². The molecule has 6 rings (SSSR count). The highest BCUT2D eigenvalue weighted by Crippen LogP contribution is 2.50. The third-order valence-electron chi connectivity index (χ3n) is 7.23. The molecule has 0 radical (unpaired) electrons. The van der Waals surface area contributed by atoms with Gasteiger partial charge in [-0.05, 0) is 46.5 Å². The van der Waals surface area contributed by atoms with Crippen LogP contribution in [0.1, 0.15) is 16.7 Å².